The summed E-state index contributed by atoms with van der Waals surface area (Å²) in [6.45, 7) is 4.09. The van der Waals surface area contributed by atoms with Gasteiger partial charge in [0.25, 0.3) is 5.91 Å². The molecule has 1 amide bonds. The average molecular weight is 353 g/mol. The Bertz CT molecular complexity index is 969. The minimum absolute atomic E-state index is 0.139. The monoisotopic (exact) mass is 353 g/mol. The molecule has 0 aromatic carbocycles. The molecule has 0 radical (unpaired) electrons. The minimum atomic E-state index is -0.139. The molecule has 1 saturated heterocycles. The summed E-state index contributed by atoms with van der Waals surface area (Å²) in [5.74, 6) is 3.20. The molecule has 26 heavy (non-hydrogen) atoms. The summed E-state index contributed by atoms with van der Waals surface area (Å²) in [4.78, 5) is 14.3. The van der Waals surface area contributed by atoms with Gasteiger partial charge in [0.2, 0.25) is 0 Å². The van der Waals surface area contributed by atoms with Crippen LogP contribution in [0.5, 0.6) is 0 Å². The van der Waals surface area contributed by atoms with Crippen LogP contribution in [-0.2, 0) is 0 Å². The zero-order valence-corrected chi connectivity index (χ0v) is 14.4. The van der Waals surface area contributed by atoms with Crippen molar-refractivity contribution in [3.05, 3.63) is 35.5 Å². The van der Waals surface area contributed by atoms with Gasteiger partial charge in [-0.3, -0.25) is 4.79 Å². The predicted octanol–water partition coefficient (Wildman–Crippen LogP) is 1.16. The van der Waals surface area contributed by atoms with Crippen LogP contribution in [0.1, 0.15) is 40.7 Å². The molecule has 134 valence electrons. The van der Waals surface area contributed by atoms with Gasteiger partial charge < -0.3 is 14.7 Å². The molecule has 4 heterocycles. The van der Waals surface area contributed by atoms with Crippen LogP contribution in [0.15, 0.2) is 22.9 Å². The molecule has 1 aliphatic heterocycles. The fraction of sp³-hybridized carbons (Fsp3) is 0.471. The summed E-state index contributed by atoms with van der Waals surface area (Å²) in [7, 11) is 0. The third kappa shape index (κ3) is 2.59. The van der Waals surface area contributed by atoms with Crippen molar-refractivity contribution in [2.24, 2.45) is 5.92 Å². The summed E-state index contributed by atoms with van der Waals surface area (Å²) in [6.07, 6.45) is 3.79. The largest absolute Gasteiger partial charge is 0.361 e. The van der Waals surface area contributed by atoms with E-state index < -0.39 is 0 Å². The number of carbonyl (C=O) groups is 1. The van der Waals surface area contributed by atoms with E-state index in [4.69, 9.17) is 9.62 Å². The van der Waals surface area contributed by atoms with Gasteiger partial charge in [0.05, 0.1) is 6.20 Å². The van der Waals surface area contributed by atoms with Crippen LogP contribution in [0, 0.1) is 12.8 Å². The fourth-order valence-corrected chi connectivity index (χ4v) is 3.30. The molecule has 9 nitrogen and oxygen atoms in total. The van der Waals surface area contributed by atoms with Crippen molar-refractivity contribution >= 4 is 17.4 Å². The number of hydrogen-bond donors (Lipinski definition) is 1. The van der Waals surface area contributed by atoms with E-state index in [-0.39, 0.29) is 5.91 Å². The number of nitrogens with one attached hydrogen (secondary N) is 1. The van der Waals surface area contributed by atoms with E-state index in [1.165, 1.54) is 19.0 Å². The summed E-state index contributed by atoms with van der Waals surface area (Å²) in [5.41, 5.74) is 1.29. The maximum atomic E-state index is 12.1. The van der Waals surface area contributed by atoms with Crippen LogP contribution in [0.25, 0.3) is 5.65 Å². The van der Waals surface area contributed by atoms with Crippen LogP contribution in [-0.4, -0.2) is 50.5 Å². The number of fused-ring (bicyclic) bond motifs is 1. The van der Waals surface area contributed by atoms with E-state index in [0.717, 1.165) is 30.4 Å². The van der Waals surface area contributed by atoms with Crippen molar-refractivity contribution in [1.29, 1.82) is 0 Å². The number of hydrogen-bond acceptors (Lipinski definition) is 7. The number of aromatic nitrogens is 5. The van der Waals surface area contributed by atoms with Gasteiger partial charge in [-0.1, -0.05) is 5.16 Å². The Morgan fingerprint density at radius 1 is 1.31 bits per heavy atom. The van der Waals surface area contributed by atoms with Crippen molar-refractivity contribution in [2.75, 3.05) is 24.5 Å². The van der Waals surface area contributed by atoms with Crippen LogP contribution in [0.3, 0.4) is 0 Å². The second-order valence-corrected chi connectivity index (χ2v) is 7.07. The van der Waals surface area contributed by atoms with Crippen LogP contribution in [0.4, 0.5) is 5.82 Å². The lowest BCUT2D eigenvalue weighted by atomic mass is 10.00. The smallest absolute Gasteiger partial charge is 0.256 e. The Morgan fingerprint density at radius 2 is 2.15 bits per heavy atom. The van der Waals surface area contributed by atoms with E-state index in [1.807, 2.05) is 16.6 Å². The highest BCUT2D eigenvalue weighted by Crippen LogP contribution is 2.38. The van der Waals surface area contributed by atoms with E-state index in [1.54, 1.807) is 6.92 Å². The first-order chi connectivity index (χ1) is 12.7. The molecular formula is C17H19N7O2. The van der Waals surface area contributed by atoms with Crippen LogP contribution >= 0.6 is 0 Å². The lowest BCUT2D eigenvalue weighted by Gasteiger charge is -2.40. The number of amides is 1. The maximum Gasteiger partial charge on any atom is 0.256 e. The van der Waals surface area contributed by atoms with Gasteiger partial charge in [-0.05, 0) is 31.9 Å². The highest BCUT2D eigenvalue weighted by Gasteiger charge is 2.31. The Labute approximate surface area is 149 Å². The molecule has 2 aliphatic rings. The molecule has 1 saturated carbocycles. The Kier molecular flexibility index (Phi) is 3.41. The Balaban J connectivity index is 1.20. The van der Waals surface area contributed by atoms with Crippen molar-refractivity contribution in [3.63, 3.8) is 0 Å². The maximum absolute atomic E-state index is 12.1. The second kappa shape index (κ2) is 5.79. The standard InChI is InChI=1S/C17H19N7O2/c1-10-13(7-19-26-10)17(25)18-6-11-8-23(9-11)15-5-4-14-20-21-16(12-2-3-12)24(14)22-15/h4-5,7,11-12H,2-3,6,8-9H2,1H3,(H,18,25). The SMILES string of the molecule is Cc1oncc1C(=O)NCC1CN(c2ccc3nnc(C4CC4)n3n2)C1. The molecular weight excluding hydrogens is 334 g/mol. The Hall–Kier alpha value is -2.97. The molecule has 5 rings (SSSR count). The van der Waals surface area contributed by atoms with Crippen molar-refractivity contribution in [3.8, 4) is 0 Å². The zero-order chi connectivity index (χ0) is 17.7. The summed E-state index contributed by atoms with van der Waals surface area (Å²) >= 11 is 0. The normalized spacial score (nSPS) is 17.5. The topological polar surface area (TPSA) is 101 Å². The van der Waals surface area contributed by atoms with Crippen molar-refractivity contribution in [2.45, 2.75) is 25.7 Å². The van der Waals surface area contributed by atoms with Gasteiger partial charge in [0, 0.05) is 31.5 Å². The first kappa shape index (κ1) is 15.3. The molecule has 1 aliphatic carbocycles. The molecule has 0 unspecified atom stereocenters. The quantitative estimate of drug-likeness (QED) is 0.734. The molecule has 0 atom stereocenters. The molecule has 0 bridgehead atoms. The zero-order valence-electron chi connectivity index (χ0n) is 14.4. The number of carbonyl (C=O) groups excluding carboxylic acids is 1. The molecule has 0 spiro atoms. The first-order valence-corrected chi connectivity index (χ1v) is 8.86. The highest BCUT2D eigenvalue weighted by molar-refractivity contribution is 5.94. The van der Waals surface area contributed by atoms with Crippen molar-refractivity contribution < 1.29 is 9.32 Å². The minimum Gasteiger partial charge on any atom is -0.361 e. The summed E-state index contributed by atoms with van der Waals surface area (Å²) in [6, 6.07) is 3.95. The summed E-state index contributed by atoms with van der Waals surface area (Å²) in [5, 5.41) is 19.8. The van der Waals surface area contributed by atoms with Gasteiger partial charge in [-0.25, -0.2) is 0 Å². The molecule has 3 aromatic heterocycles. The summed E-state index contributed by atoms with van der Waals surface area (Å²) < 4.78 is 6.80. The van der Waals surface area contributed by atoms with Gasteiger partial charge in [-0.15, -0.1) is 15.3 Å². The lowest BCUT2D eigenvalue weighted by Crippen LogP contribution is -2.52. The van der Waals surface area contributed by atoms with E-state index in [2.05, 4.69) is 25.6 Å². The number of anilines is 1. The third-order valence-corrected chi connectivity index (χ3v) is 5.04. The van der Waals surface area contributed by atoms with E-state index in [9.17, 15) is 4.79 Å². The molecule has 3 aromatic rings. The fourth-order valence-electron chi connectivity index (χ4n) is 3.30. The highest BCUT2D eigenvalue weighted by atomic mass is 16.5. The van der Waals surface area contributed by atoms with Gasteiger partial charge in [0.1, 0.15) is 17.1 Å². The van der Waals surface area contributed by atoms with Crippen molar-refractivity contribution in [1.82, 2.24) is 30.3 Å². The molecule has 2 fully saturated rings. The van der Waals surface area contributed by atoms with E-state index >= 15 is 0 Å². The van der Waals surface area contributed by atoms with Gasteiger partial charge >= 0.3 is 0 Å². The van der Waals surface area contributed by atoms with E-state index in [0.29, 0.717) is 29.7 Å². The number of aryl methyl sites for hydroxylation is 1. The van der Waals surface area contributed by atoms with Crippen LogP contribution < -0.4 is 10.2 Å². The molecule has 1 N–H and O–H groups in total. The predicted molar refractivity (Wildman–Crippen MR) is 92.0 cm³/mol. The lowest BCUT2D eigenvalue weighted by molar-refractivity contribution is 0.0943. The van der Waals surface area contributed by atoms with Gasteiger partial charge in [-0.2, -0.15) is 4.52 Å². The second-order valence-electron chi connectivity index (χ2n) is 7.07. The first-order valence-electron chi connectivity index (χ1n) is 8.86. The average Bonchev–Trinajstić information content (AvgIpc) is 3.21. The van der Waals surface area contributed by atoms with Gasteiger partial charge in [0.15, 0.2) is 11.5 Å². The third-order valence-electron chi connectivity index (χ3n) is 5.04. The Morgan fingerprint density at radius 3 is 2.88 bits per heavy atom. The van der Waals surface area contributed by atoms with Crippen LogP contribution in [0.2, 0.25) is 0 Å². The number of nitrogens with zero attached hydrogens (tertiary/aromatic N) is 6. The molecule has 9 heteroatoms. The number of rotatable bonds is 5.